The summed E-state index contributed by atoms with van der Waals surface area (Å²) in [4.78, 5) is 24.2. The Hall–Kier alpha value is -1.86. The van der Waals surface area contributed by atoms with Crippen molar-refractivity contribution in [3.05, 3.63) is 34.9 Å². The van der Waals surface area contributed by atoms with Crippen molar-refractivity contribution in [3.8, 4) is 0 Å². The Morgan fingerprint density at radius 3 is 2.73 bits per heavy atom. The van der Waals surface area contributed by atoms with E-state index in [4.69, 9.17) is 11.6 Å². The van der Waals surface area contributed by atoms with E-state index in [9.17, 15) is 9.59 Å². The van der Waals surface area contributed by atoms with Gasteiger partial charge < -0.3 is 10.6 Å². The number of carbonyl (C=O) groups is 2. The van der Waals surface area contributed by atoms with E-state index in [1.807, 2.05) is 12.1 Å². The Bertz CT molecular complexity index is 714. The first-order chi connectivity index (χ1) is 12.6. The zero-order valence-electron chi connectivity index (χ0n) is 14.3. The van der Waals surface area contributed by atoms with Gasteiger partial charge >= 0.3 is 0 Å². The highest BCUT2D eigenvalue weighted by atomic mass is 35.5. The van der Waals surface area contributed by atoms with E-state index >= 15 is 0 Å². The van der Waals surface area contributed by atoms with Crippen LogP contribution in [0.5, 0.6) is 0 Å². The van der Waals surface area contributed by atoms with Gasteiger partial charge in [0.25, 0.3) is 0 Å². The predicted octanol–water partition coefficient (Wildman–Crippen LogP) is 3.10. The number of nitrogens with zero attached hydrogens (tertiary/aromatic N) is 2. The second kappa shape index (κ2) is 9.19. The number of carbonyl (C=O) groups excluding carboxylic acids is 2. The fourth-order valence-electron chi connectivity index (χ4n) is 2.99. The molecule has 1 atom stereocenters. The molecule has 1 aliphatic carbocycles. The molecule has 1 saturated heterocycles. The van der Waals surface area contributed by atoms with Crippen LogP contribution < -0.4 is 10.6 Å². The number of hydrogen-bond acceptors (Lipinski definition) is 5. The number of benzene rings is 1. The van der Waals surface area contributed by atoms with Crippen LogP contribution in [0.15, 0.2) is 34.5 Å². The molecular formula is C18H21ClN4O2S. The lowest BCUT2D eigenvalue weighted by molar-refractivity contribution is -0.125. The van der Waals surface area contributed by atoms with Crippen LogP contribution in [0.4, 0.5) is 0 Å². The van der Waals surface area contributed by atoms with Crippen molar-refractivity contribution in [3.63, 3.8) is 0 Å². The second-order valence-corrected chi connectivity index (χ2v) is 8.03. The number of rotatable bonds is 5. The number of amides is 2. The number of halogens is 1. The zero-order valence-corrected chi connectivity index (χ0v) is 15.9. The summed E-state index contributed by atoms with van der Waals surface area (Å²) in [6, 6.07) is 7.43. The van der Waals surface area contributed by atoms with Crippen molar-refractivity contribution in [2.45, 2.75) is 49.8 Å². The van der Waals surface area contributed by atoms with Gasteiger partial charge in [-0.25, -0.2) is 0 Å². The molecule has 0 radical (unpaired) electrons. The summed E-state index contributed by atoms with van der Waals surface area (Å²) in [6.07, 6.45) is 7.36. The Morgan fingerprint density at radius 2 is 2.00 bits per heavy atom. The molecule has 8 heteroatoms. The molecule has 2 aliphatic rings. The molecule has 1 saturated carbocycles. The van der Waals surface area contributed by atoms with Gasteiger partial charge in [0.2, 0.25) is 11.8 Å². The molecule has 6 nitrogen and oxygen atoms in total. The molecule has 0 aromatic heterocycles. The van der Waals surface area contributed by atoms with E-state index in [1.165, 1.54) is 18.2 Å². The zero-order chi connectivity index (χ0) is 18.4. The molecule has 1 aliphatic heterocycles. The lowest BCUT2D eigenvalue weighted by atomic mass is 9.95. The fourth-order valence-corrected chi connectivity index (χ4v) is 4.04. The van der Waals surface area contributed by atoms with Crippen LogP contribution in [0, 0.1) is 0 Å². The van der Waals surface area contributed by atoms with E-state index in [2.05, 4.69) is 20.8 Å². The summed E-state index contributed by atoms with van der Waals surface area (Å²) in [6.45, 7) is 0. The summed E-state index contributed by atoms with van der Waals surface area (Å²) < 4.78 is 0. The van der Waals surface area contributed by atoms with Gasteiger partial charge in [-0.2, -0.15) is 5.10 Å². The van der Waals surface area contributed by atoms with Gasteiger partial charge in [-0.05, 0) is 30.5 Å². The molecule has 1 aromatic carbocycles. The number of thioether (sulfide) groups is 1. The number of hydrogen-bond donors (Lipinski definition) is 2. The van der Waals surface area contributed by atoms with Crippen molar-refractivity contribution >= 4 is 46.6 Å². The van der Waals surface area contributed by atoms with Crippen LogP contribution in [0.3, 0.4) is 0 Å². The van der Waals surface area contributed by atoms with Gasteiger partial charge in [-0.15, -0.1) is 5.10 Å². The van der Waals surface area contributed by atoms with Gasteiger partial charge in [-0.3, -0.25) is 9.59 Å². The first-order valence-electron chi connectivity index (χ1n) is 8.73. The van der Waals surface area contributed by atoms with Crippen LogP contribution in [-0.2, 0) is 9.59 Å². The van der Waals surface area contributed by atoms with Gasteiger partial charge in [0.15, 0.2) is 5.17 Å². The van der Waals surface area contributed by atoms with Gasteiger partial charge in [0, 0.05) is 17.5 Å². The summed E-state index contributed by atoms with van der Waals surface area (Å²) in [5.74, 6) is -0.273. The highest BCUT2D eigenvalue weighted by Crippen LogP contribution is 2.23. The Kier molecular flexibility index (Phi) is 6.68. The molecule has 3 rings (SSSR count). The fraction of sp³-hybridized carbons (Fsp3) is 0.444. The molecular weight excluding hydrogens is 372 g/mol. The SMILES string of the molecule is O=C(CC1S/C(=N/N=C/c2ccc(Cl)cc2)NC1=O)NC1CCCCC1. The average molecular weight is 393 g/mol. The van der Waals surface area contributed by atoms with Crippen molar-refractivity contribution in [2.24, 2.45) is 10.2 Å². The van der Waals surface area contributed by atoms with Gasteiger partial charge in [0.1, 0.15) is 5.25 Å². The van der Waals surface area contributed by atoms with Crippen LogP contribution in [-0.4, -0.2) is 34.5 Å². The summed E-state index contributed by atoms with van der Waals surface area (Å²) in [7, 11) is 0. The molecule has 1 heterocycles. The van der Waals surface area contributed by atoms with Crippen molar-refractivity contribution in [1.29, 1.82) is 0 Å². The second-order valence-electron chi connectivity index (χ2n) is 6.40. The highest BCUT2D eigenvalue weighted by Gasteiger charge is 2.32. The topological polar surface area (TPSA) is 82.9 Å². The molecule has 138 valence electrons. The van der Waals surface area contributed by atoms with E-state index < -0.39 is 5.25 Å². The van der Waals surface area contributed by atoms with Crippen LogP contribution in [0.1, 0.15) is 44.1 Å². The Morgan fingerprint density at radius 1 is 1.27 bits per heavy atom. The smallest absolute Gasteiger partial charge is 0.240 e. The Labute approximate surface area is 161 Å². The average Bonchev–Trinajstić information content (AvgIpc) is 2.97. The van der Waals surface area contributed by atoms with Gasteiger partial charge in [0.05, 0.1) is 6.21 Å². The monoisotopic (exact) mass is 392 g/mol. The minimum absolute atomic E-state index is 0.0736. The lowest BCUT2D eigenvalue weighted by Gasteiger charge is -2.23. The molecule has 2 fully saturated rings. The lowest BCUT2D eigenvalue weighted by Crippen LogP contribution is -2.38. The highest BCUT2D eigenvalue weighted by molar-refractivity contribution is 8.15. The molecule has 26 heavy (non-hydrogen) atoms. The number of amidine groups is 1. The van der Waals surface area contributed by atoms with Crippen molar-refractivity contribution in [2.75, 3.05) is 0 Å². The first kappa shape index (κ1) is 18.9. The van der Waals surface area contributed by atoms with E-state index in [0.29, 0.717) is 10.2 Å². The van der Waals surface area contributed by atoms with E-state index in [-0.39, 0.29) is 24.3 Å². The van der Waals surface area contributed by atoms with Crippen molar-refractivity contribution < 1.29 is 9.59 Å². The molecule has 2 amide bonds. The third kappa shape index (κ3) is 5.57. The first-order valence-corrected chi connectivity index (χ1v) is 9.99. The maximum atomic E-state index is 12.2. The maximum absolute atomic E-state index is 12.2. The van der Waals surface area contributed by atoms with Crippen LogP contribution in [0.2, 0.25) is 5.02 Å². The van der Waals surface area contributed by atoms with E-state index in [0.717, 1.165) is 31.2 Å². The largest absolute Gasteiger partial charge is 0.353 e. The maximum Gasteiger partial charge on any atom is 0.240 e. The quantitative estimate of drug-likeness (QED) is 0.596. The van der Waals surface area contributed by atoms with Gasteiger partial charge in [-0.1, -0.05) is 54.8 Å². The predicted molar refractivity (Wildman–Crippen MR) is 106 cm³/mol. The minimum Gasteiger partial charge on any atom is -0.353 e. The normalized spacial score (nSPS) is 22.7. The standard InChI is InChI=1S/C18H21ClN4O2S/c19-13-8-6-12(7-9-13)11-20-23-18-22-17(25)15(26-18)10-16(24)21-14-4-2-1-3-5-14/h6-9,11,14-15H,1-5,10H2,(H,21,24)(H,22,23,25)/b20-11+. The number of nitrogens with one attached hydrogen (secondary N) is 2. The third-order valence-corrected chi connectivity index (χ3v) is 5.67. The molecule has 2 N–H and O–H groups in total. The summed E-state index contributed by atoms with van der Waals surface area (Å²) in [5, 5.41) is 14.3. The van der Waals surface area contributed by atoms with Crippen LogP contribution >= 0.6 is 23.4 Å². The third-order valence-electron chi connectivity index (χ3n) is 4.34. The molecule has 0 bridgehead atoms. The molecule has 0 spiro atoms. The van der Waals surface area contributed by atoms with E-state index in [1.54, 1.807) is 18.3 Å². The summed E-state index contributed by atoms with van der Waals surface area (Å²) >= 11 is 7.07. The molecule has 1 aromatic rings. The van der Waals surface area contributed by atoms with Crippen LogP contribution in [0.25, 0.3) is 0 Å². The minimum atomic E-state index is -0.455. The molecule has 1 unspecified atom stereocenters. The summed E-state index contributed by atoms with van der Waals surface area (Å²) in [5.41, 5.74) is 0.858. The van der Waals surface area contributed by atoms with Crippen molar-refractivity contribution in [1.82, 2.24) is 10.6 Å². The Balaban J connectivity index is 1.49.